The van der Waals surface area contributed by atoms with E-state index in [0.29, 0.717) is 21.5 Å². The van der Waals surface area contributed by atoms with Crippen molar-refractivity contribution < 1.29 is 8.42 Å². The minimum absolute atomic E-state index is 0.00185. The monoisotopic (exact) mass is 348 g/mol. The van der Waals surface area contributed by atoms with Gasteiger partial charge in [0.25, 0.3) is 0 Å². The molecule has 0 spiro atoms. The molecule has 7 heteroatoms. The molecule has 1 saturated carbocycles. The van der Waals surface area contributed by atoms with Gasteiger partial charge in [0.2, 0.25) is 10.0 Å². The molecule has 0 radical (unpaired) electrons. The first-order valence-electron chi connectivity index (χ1n) is 6.94. The lowest BCUT2D eigenvalue weighted by Crippen LogP contribution is -2.38. The highest BCUT2D eigenvalue weighted by Gasteiger charge is 2.26. The van der Waals surface area contributed by atoms with E-state index >= 15 is 0 Å². The summed E-state index contributed by atoms with van der Waals surface area (Å²) in [6.45, 7) is 1.70. The zero-order chi connectivity index (χ0) is 15.6. The summed E-state index contributed by atoms with van der Waals surface area (Å²) < 4.78 is 27.9. The van der Waals surface area contributed by atoms with Gasteiger partial charge in [-0.15, -0.1) is 0 Å². The number of sulfonamides is 1. The second kappa shape index (κ2) is 6.77. The van der Waals surface area contributed by atoms with E-state index < -0.39 is 10.0 Å². The van der Waals surface area contributed by atoms with Crippen LogP contribution in [0.15, 0.2) is 17.0 Å². The van der Waals surface area contributed by atoms with Crippen molar-refractivity contribution in [2.75, 3.05) is 12.0 Å². The highest BCUT2D eigenvalue weighted by atomic mass is 35.5. The van der Waals surface area contributed by atoms with E-state index in [2.05, 4.69) is 11.0 Å². The molecule has 1 aliphatic carbocycles. The predicted octanol–water partition coefficient (Wildman–Crippen LogP) is 3.18. The van der Waals surface area contributed by atoms with Crippen molar-refractivity contribution in [1.29, 1.82) is 0 Å². The Labute approximate surface area is 135 Å². The first-order chi connectivity index (χ1) is 9.83. The van der Waals surface area contributed by atoms with Crippen LogP contribution in [0, 0.1) is 6.92 Å². The third-order valence-electron chi connectivity index (χ3n) is 3.98. The van der Waals surface area contributed by atoms with Crippen LogP contribution in [-0.2, 0) is 10.0 Å². The number of nitrogens with two attached hydrogens (primary N) is 1. The minimum atomic E-state index is -3.58. The van der Waals surface area contributed by atoms with Crippen molar-refractivity contribution in [2.45, 2.75) is 48.8 Å². The molecule has 1 fully saturated rings. The summed E-state index contributed by atoms with van der Waals surface area (Å²) in [5, 5.41) is 0.985. The zero-order valence-electron chi connectivity index (χ0n) is 12.2. The Hall–Kier alpha value is -0.430. The van der Waals surface area contributed by atoms with Crippen molar-refractivity contribution in [2.24, 2.45) is 0 Å². The van der Waals surface area contributed by atoms with Crippen LogP contribution in [0.25, 0.3) is 0 Å². The summed E-state index contributed by atoms with van der Waals surface area (Å²) in [6.07, 6.45) is 5.95. The van der Waals surface area contributed by atoms with Crippen molar-refractivity contribution in [3.63, 3.8) is 0 Å². The molecule has 118 valence electrons. The lowest BCUT2D eigenvalue weighted by molar-refractivity contribution is 0.420. The maximum absolute atomic E-state index is 12.5. The van der Waals surface area contributed by atoms with Crippen LogP contribution in [0.3, 0.4) is 0 Å². The standard InChI is InChI=1S/C14H21ClN2O2S2/c1-9-13(16)7-10(15)8-14(9)21(18,19)17-11-3-5-12(20-2)6-4-11/h7-8,11-12,17H,3-6,16H2,1-2H3. The van der Waals surface area contributed by atoms with Gasteiger partial charge < -0.3 is 5.73 Å². The normalized spacial score (nSPS) is 23.2. The summed E-state index contributed by atoms with van der Waals surface area (Å²) in [4.78, 5) is 0.180. The van der Waals surface area contributed by atoms with Crippen molar-refractivity contribution in [3.05, 3.63) is 22.7 Å². The lowest BCUT2D eigenvalue weighted by Gasteiger charge is -2.28. The zero-order valence-corrected chi connectivity index (χ0v) is 14.6. The van der Waals surface area contributed by atoms with Crippen LogP contribution >= 0.6 is 23.4 Å². The number of hydrogen-bond donors (Lipinski definition) is 2. The van der Waals surface area contributed by atoms with Gasteiger partial charge >= 0.3 is 0 Å². The Morgan fingerprint density at radius 3 is 2.48 bits per heavy atom. The molecule has 2 rings (SSSR count). The first-order valence-corrected chi connectivity index (χ1v) is 10.1. The first kappa shape index (κ1) is 16.9. The second-order valence-corrected chi connectivity index (χ2v) is 8.71. The van der Waals surface area contributed by atoms with Gasteiger partial charge in [-0.25, -0.2) is 13.1 Å². The van der Waals surface area contributed by atoms with Gasteiger partial charge in [0, 0.05) is 22.0 Å². The van der Waals surface area contributed by atoms with E-state index in [4.69, 9.17) is 17.3 Å². The van der Waals surface area contributed by atoms with E-state index in [0.717, 1.165) is 25.7 Å². The van der Waals surface area contributed by atoms with E-state index in [1.807, 2.05) is 11.8 Å². The predicted molar refractivity (Wildman–Crippen MR) is 90.5 cm³/mol. The maximum atomic E-state index is 12.5. The van der Waals surface area contributed by atoms with Crippen molar-refractivity contribution in [1.82, 2.24) is 4.72 Å². The van der Waals surface area contributed by atoms with Crippen molar-refractivity contribution >= 4 is 39.1 Å². The fourth-order valence-electron chi connectivity index (χ4n) is 2.65. The molecule has 1 aromatic carbocycles. The van der Waals surface area contributed by atoms with Gasteiger partial charge in [-0.1, -0.05) is 11.6 Å². The Bertz CT molecular complexity index is 612. The number of benzene rings is 1. The molecule has 0 saturated heterocycles. The molecule has 0 aliphatic heterocycles. The van der Waals surface area contributed by atoms with Crippen LogP contribution < -0.4 is 10.5 Å². The Morgan fingerprint density at radius 1 is 1.29 bits per heavy atom. The molecular weight excluding hydrogens is 328 g/mol. The van der Waals surface area contributed by atoms with Gasteiger partial charge in [-0.05, 0) is 56.6 Å². The number of hydrogen-bond acceptors (Lipinski definition) is 4. The number of rotatable bonds is 4. The molecule has 0 amide bonds. The topological polar surface area (TPSA) is 72.2 Å². The van der Waals surface area contributed by atoms with Gasteiger partial charge in [-0.3, -0.25) is 0 Å². The molecule has 0 atom stereocenters. The fourth-order valence-corrected chi connectivity index (χ4v) is 5.29. The maximum Gasteiger partial charge on any atom is 0.241 e. The van der Waals surface area contributed by atoms with Crippen LogP contribution in [0.4, 0.5) is 5.69 Å². The van der Waals surface area contributed by atoms with Gasteiger partial charge in [-0.2, -0.15) is 11.8 Å². The molecule has 0 bridgehead atoms. The summed E-state index contributed by atoms with van der Waals surface area (Å²) in [7, 11) is -3.58. The molecule has 0 aromatic heterocycles. The SMILES string of the molecule is CSC1CCC(NS(=O)(=O)c2cc(Cl)cc(N)c2C)CC1. The molecule has 1 aromatic rings. The molecule has 3 N–H and O–H groups in total. The highest BCUT2D eigenvalue weighted by molar-refractivity contribution is 7.99. The Balaban J connectivity index is 2.16. The number of nitrogen functional groups attached to an aromatic ring is 1. The van der Waals surface area contributed by atoms with Crippen LogP contribution in [0.2, 0.25) is 5.02 Å². The summed E-state index contributed by atoms with van der Waals surface area (Å²) >= 11 is 7.79. The molecule has 21 heavy (non-hydrogen) atoms. The minimum Gasteiger partial charge on any atom is -0.398 e. The van der Waals surface area contributed by atoms with Gasteiger partial charge in [0.15, 0.2) is 0 Å². The number of thioether (sulfide) groups is 1. The quantitative estimate of drug-likeness (QED) is 0.820. The largest absolute Gasteiger partial charge is 0.398 e. The van der Waals surface area contributed by atoms with Crippen LogP contribution in [0.5, 0.6) is 0 Å². The summed E-state index contributed by atoms with van der Waals surface area (Å²) in [6, 6.07) is 3.03. The summed E-state index contributed by atoms with van der Waals surface area (Å²) in [5.41, 5.74) is 6.75. The van der Waals surface area contributed by atoms with Crippen molar-refractivity contribution in [3.8, 4) is 0 Å². The van der Waals surface area contributed by atoms with E-state index in [-0.39, 0.29) is 10.9 Å². The number of nitrogens with one attached hydrogen (secondary N) is 1. The Morgan fingerprint density at radius 2 is 1.90 bits per heavy atom. The summed E-state index contributed by atoms with van der Waals surface area (Å²) in [5.74, 6) is 0. The van der Waals surface area contributed by atoms with Crippen LogP contribution in [-0.4, -0.2) is 26.0 Å². The van der Waals surface area contributed by atoms with E-state index in [9.17, 15) is 8.42 Å². The lowest BCUT2D eigenvalue weighted by atomic mass is 9.96. The highest BCUT2D eigenvalue weighted by Crippen LogP contribution is 2.29. The third-order valence-corrected chi connectivity index (χ3v) is 6.99. The Kier molecular flexibility index (Phi) is 5.46. The number of anilines is 1. The molecular formula is C14H21ClN2O2S2. The molecule has 0 unspecified atom stereocenters. The molecule has 1 aliphatic rings. The smallest absolute Gasteiger partial charge is 0.241 e. The molecule has 0 heterocycles. The average molecular weight is 349 g/mol. The second-order valence-electron chi connectivity index (χ2n) is 5.45. The molecule has 4 nitrogen and oxygen atoms in total. The average Bonchev–Trinajstić information content (AvgIpc) is 2.43. The third kappa shape index (κ3) is 4.06. The van der Waals surface area contributed by atoms with Crippen LogP contribution in [0.1, 0.15) is 31.2 Å². The van der Waals surface area contributed by atoms with E-state index in [1.165, 1.54) is 6.07 Å². The fraction of sp³-hybridized carbons (Fsp3) is 0.571. The number of halogens is 1. The van der Waals surface area contributed by atoms with Gasteiger partial charge in [0.1, 0.15) is 0 Å². The van der Waals surface area contributed by atoms with Gasteiger partial charge in [0.05, 0.1) is 4.90 Å². The van der Waals surface area contributed by atoms with E-state index in [1.54, 1.807) is 13.0 Å².